The van der Waals surface area contributed by atoms with Gasteiger partial charge in [-0.3, -0.25) is 9.10 Å². The van der Waals surface area contributed by atoms with Gasteiger partial charge < -0.3 is 10.1 Å². The van der Waals surface area contributed by atoms with Gasteiger partial charge in [-0.05, 0) is 56.5 Å². The molecule has 1 N–H and O–H groups in total. The first-order valence-electron chi connectivity index (χ1n) is 9.84. The molecule has 2 aromatic carbocycles. The highest BCUT2D eigenvalue weighted by Gasteiger charge is 2.31. The molecule has 0 atom stereocenters. The fraction of sp³-hybridized carbons (Fsp3) is 0.409. The van der Waals surface area contributed by atoms with Crippen LogP contribution in [0.3, 0.4) is 0 Å². The van der Waals surface area contributed by atoms with E-state index in [0.29, 0.717) is 5.69 Å². The Hall–Kier alpha value is -2.54. The van der Waals surface area contributed by atoms with Gasteiger partial charge in [0.05, 0.1) is 12.8 Å². The molecule has 156 valence electrons. The van der Waals surface area contributed by atoms with E-state index >= 15 is 0 Å². The van der Waals surface area contributed by atoms with E-state index in [4.69, 9.17) is 4.74 Å². The zero-order valence-electron chi connectivity index (χ0n) is 17.1. The van der Waals surface area contributed by atoms with Crippen molar-refractivity contribution >= 4 is 21.6 Å². The van der Waals surface area contributed by atoms with Crippen molar-refractivity contribution in [3.05, 3.63) is 53.6 Å². The maximum absolute atomic E-state index is 13.6. The first-order chi connectivity index (χ1) is 13.8. The van der Waals surface area contributed by atoms with Gasteiger partial charge in [-0.2, -0.15) is 0 Å². The maximum atomic E-state index is 13.6. The van der Waals surface area contributed by atoms with Gasteiger partial charge in [-0.15, -0.1) is 0 Å². The second kappa shape index (κ2) is 8.86. The van der Waals surface area contributed by atoms with Crippen molar-refractivity contribution in [1.82, 2.24) is 5.32 Å². The number of carbonyl (C=O) groups is 1. The van der Waals surface area contributed by atoms with Gasteiger partial charge in [0.15, 0.2) is 0 Å². The SMILES string of the molecule is COc1ccc(C)cc1S(=O)(=O)N(CC(=O)NC1CCCC1)c1ccc(C)cc1. The first-order valence-corrected chi connectivity index (χ1v) is 11.3. The van der Waals surface area contributed by atoms with Gasteiger partial charge in [0, 0.05) is 6.04 Å². The van der Waals surface area contributed by atoms with E-state index in [1.165, 1.54) is 7.11 Å². The van der Waals surface area contributed by atoms with E-state index in [9.17, 15) is 13.2 Å². The molecule has 0 aliphatic heterocycles. The van der Waals surface area contributed by atoms with Crippen molar-refractivity contribution < 1.29 is 17.9 Å². The number of aryl methyl sites for hydroxylation is 2. The largest absolute Gasteiger partial charge is 0.495 e. The van der Waals surface area contributed by atoms with Crippen LogP contribution in [-0.4, -0.2) is 34.0 Å². The number of nitrogens with zero attached hydrogens (tertiary/aromatic N) is 1. The summed E-state index contributed by atoms with van der Waals surface area (Å²) >= 11 is 0. The number of amides is 1. The minimum Gasteiger partial charge on any atom is -0.495 e. The Bertz CT molecular complexity index is 965. The summed E-state index contributed by atoms with van der Waals surface area (Å²) < 4.78 is 33.6. The fourth-order valence-corrected chi connectivity index (χ4v) is 5.27. The summed E-state index contributed by atoms with van der Waals surface area (Å²) in [6.45, 7) is 3.47. The van der Waals surface area contributed by atoms with Gasteiger partial charge in [0.2, 0.25) is 5.91 Å². The van der Waals surface area contributed by atoms with Crippen molar-refractivity contribution in [1.29, 1.82) is 0 Å². The number of sulfonamides is 1. The molecular weight excluding hydrogens is 388 g/mol. The average molecular weight is 417 g/mol. The molecule has 0 aromatic heterocycles. The second-order valence-corrected chi connectivity index (χ2v) is 9.38. The van der Waals surface area contributed by atoms with E-state index in [1.54, 1.807) is 30.3 Å². The normalized spacial score (nSPS) is 14.6. The number of ether oxygens (including phenoxy) is 1. The van der Waals surface area contributed by atoms with Crippen molar-refractivity contribution in [3.63, 3.8) is 0 Å². The van der Waals surface area contributed by atoms with Gasteiger partial charge in [-0.1, -0.05) is 36.6 Å². The lowest BCUT2D eigenvalue weighted by atomic mass is 10.2. The molecule has 1 aliphatic rings. The third-order valence-electron chi connectivity index (χ3n) is 5.22. The number of nitrogens with one attached hydrogen (secondary N) is 1. The van der Waals surface area contributed by atoms with Crippen LogP contribution in [0.1, 0.15) is 36.8 Å². The second-order valence-electron chi connectivity index (χ2n) is 7.55. The molecule has 1 amide bonds. The van der Waals surface area contributed by atoms with Crippen LogP contribution in [0.25, 0.3) is 0 Å². The van der Waals surface area contributed by atoms with Gasteiger partial charge >= 0.3 is 0 Å². The molecule has 3 rings (SSSR count). The molecule has 7 heteroatoms. The molecule has 0 radical (unpaired) electrons. The van der Waals surface area contributed by atoms with Crippen molar-refractivity contribution in [2.24, 2.45) is 0 Å². The van der Waals surface area contributed by atoms with E-state index < -0.39 is 10.0 Å². The minimum atomic E-state index is -4.01. The molecule has 6 nitrogen and oxygen atoms in total. The van der Waals surface area contributed by atoms with E-state index in [1.807, 2.05) is 26.0 Å². The van der Waals surface area contributed by atoms with Crippen LogP contribution in [0.15, 0.2) is 47.4 Å². The lowest BCUT2D eigenvalue weighted by molar-refractivity contribution is -0.120. The van der Waals surface area contributed by atoms with Crippen molar-refractivity contribution in [2.45, 2.75) is 50.5 Å². The lowest BCUT2D eigenvalue weighted by Crippen LogP contribution is -2.43. The summed E-state index contributed by atoms with van der Waals surface area (Å²) in [5, 5.41) is 2.98. The van der Waals surface area contributed by atoms with E-state index in [0.717, 1.165) is 41.1 Å². The molecule has 0 saturated heterocycles. The van der Waals surface area contributed by atoms with Crippen LogP contribution >= 0.6 is 0 Å². The highest BCUT2D eigenvalue weighted by atomic mass is 32.2. The molecule has 0 spiro atoms. The topological polar surface area (TPSA) is 75.7 Å². The van der Waals surface area contributed by atoms with Crippen LogP contribution in [0, 0.1) is 13.8 Å². The molecular formula is C22H28N2O4S. The van der Waals surface area contributed by atoms with E-state index in [-0.39, 0.29) is 29.1 Å². The maximum Gasteiger partial charge on any atom is 0.268 e. The Labute approximate surface area is 172 Å². The Morgan fingerprint density at radius 2 is 1.69 bits per heavy atom. The summed E-state index contributed by atoms with van der Waals surface area (Å²) in [5.74, 6) is -0.0448. The van der Waals surface area contributed by atoms with Crippen molar-refractivity contribution in [3.8, 4) is 5.75 Å². The molecule has 29 heavy (non-hydrogen) atoms. The monoisotopic (exact) mass is 416 g/mol. The number of rotatable bonds is 7. The molecule has 1 aliphatic carbocycles. The highest BCUT2D eigenvalue weighted by Crippen LogP contribution is 2.31. The lowest BCUT2D eigenvalue weighted by Gasteiger charge is -2.26. The molecule has 1 fully saturated rings. The molecule has 2 aromatic rings. The summed E-state index contributed by atoms with van der Waals surface area (Å²) in [7, 11) is -2.58. The standard InChI is InChI=1S/C22H28N2O4S/c1-16-8-11-19(12-9-16)24(15-22(25)23-18-6-4-5-7-18)29(26,27)21-14-17(2)10-13-20(21)28-3/h8-14,18H,4-7,15H2,1-3H3,(H,23,25). The first kappa shape index (κ1) is 21.2. The number of benzene rings is 2. The minimum absolute atomic E-state index is 0.0502. The molecule has 0 unspecified atom stereocenters. The van der Waals surface area contributed by atoms with Crippen molar-refractivity contribution in [2.75, 3.05) is 18.0 Å². The number of hydrogen-bond donors (Lipinski definition) is 1. The summed E-state index contributed by atoms with van der Waals surface area (Å²) in [6.07, 6.45) is 4.06. The Kier molecular flexibility index (Phi) is 6.47. The third kappa shape index (κ3) is 4.90. The molecule has 0 heterocycles. The molecule has 0 bridgehead atoms. The average Bonchev–Trinajstić information content (AvgIpc) is 3.19. The smallest absolute Gasteiger partial charge is 0.268 e. The Morgan fingerprint density at radius 3 is 2.31 bits per heavy atom. The predicted molar refractivity (Wildman–Crippen MR) is 114 cm³/mol. The predicted octanol–water partition coefficient (Wildman–Crippen LogP) is 3.57. The number of hydrogen-bond acceptors (Lipinski definition) is 4. The quantitative estimate of drug-likeness (QED) is 0.749. The van der Waals surface area contributed by atoms with Crippen LogP contribution in [0.4, 0.5) is 5.69 Å². The van der Waals surface area contributed by atoms with Gasteiger partial charge in [0.1, 0.15) is 17.2 Å². The fourth-order valence-electron chi connectivity index (χ4n) is 3.60. The zero-order chi connectivity index (χ0) is 21.0. The molecule has 1 saturated carbocycles. The van der Waals surface area contributed by atoms with E-state index in [2.05, 4.69) is 5.32 Å². The van der Waals surface area contributed by atoms with Crippen LogP contribution in [0.5, 0.6) is 5.75 Å². The number of anilines is 1. The Balaban J connectivity index is 1.98. The van der Waals surface area contributed by atoms with Gasteiger partial charge in [-0.25, -0.2) is 8.42 Å². The van der Waals surface area contributed by atoms with Crippen LogP contribution < -0.4 is 14.4 Å². The summed E-state index contributed by atoms with van der Waals surface area (Å²) in [4.78, 5) is 12.8. The zero-order valence-corrected chi connectivity index (χ0v) is 18.0. The van der Waals surface area contributed by atoms with Gasteiger partial charge in [0.25, 0.3) is 10.0 Å². The third-order valence-corrected chi connectivity index (χ3v) is 7.01. The highest BCUT2D eigenvalue weighted by molar-refractivity contribution is 7.93. The number of carbonyl (C=O) groups excluding carboxylic acids is 1. The Morgan fingerprint density at radius 1 is 1.07 bits per heavy atom. The summed E-state index contributed by atoms with van der Waals surface area (Å²) in [6, 6.07) is 12.2. The summed E-state index contributed by atoms with van der Waals surface area (Å²) in [5.41, 5.74) is 2.25. The van der Waals surface area contributed by atoms with Crippen LogP contribution in [0.2, 0.25) is 0 Å². The number of methoxy groups -OCH3 is 1. The van der Waals surface area contributed by atoms with Crippen LogP contribution in [-0.2, 0) is 14.8 Å².